The van der Waals surface area contributed by atoms with Gasteiger partial charge < -0.3 is 15.1 Å². The lowest BCUT2D eigenvalue weighted by Gasteiger charge is -2.22. The van der Waals surface area contributed by atoms with Crippen LogP contribution >= 0.6 is 0 Å². The number of hydrogen-bond acceptors (Lipinski definition) is 3. The van der Waals surface area contributed by atoms with Gasteiger partial charge in [-0.1, -0.05) is 25.1 Å². The van der Waals surface area contributed by atoms with Gasteiger partial charge in [0.1, 0.15) is 0 Å². The summed E-state index contributed by atoms with van der Waals surface area (Å²) in [7, 11) is 3.94. The number of carbonyl (C=O) groups is 2. The predicted octanol–water partition coefficient (Wildman–Crippen LogP) is 1.59. The molecule has 1 aromatic rings. The molecule has 0 radical (unpaired) electrons. The van der Waals surface area contributed by atoms with Gasteiger partial charge in [0.25, 0.3) is 0 Å². The van der Waals surface area contributed by atoms with Crippen LogP contribution in [-0.2, 0) is 16.0 Å². The molecule has 0 saturated carbocycles. The molecule has 1 aromatic carbocycles. The number of rotatable bonds is 6. The van der Waals surface area contributed by atoms with Crippen LogP contribution in [-0.4, -0.2) is 50.4 Å². The minimum atomic E-state index is -0.256. The van der Waals surface area contributed by atoms with Crippen LogP contribution in [0.25, 0.3) is 0 Å². The van der Waals surface area contributed by atoms with Crippen molar-refractivity contribution in [1.29, 1.82) is 0 Å². The molecule has 0 aromatic heterocycles. The Kier molecular flexibility index (Phi) is 5.77. The average molecular weight is 317 g/mol. The van der Waals surface area contributed by atoms with Crippen molar-refractivity contribution < 1.29 is 9.59 Å². The largest absolute Gasteiger partial charge is 0.355 e. The Labute approximate surface area is 138 Å². The summed E-state index contributed by atoms with van der Waals surface area (Å²) in [5, 5.41) is 2.93. The van der Waals surface area contributed by atoms with E-state index in [1.165, 1.54) is 0 Å². The third-order valence-corrected chi connectivity index (χ3v) is 4.33. The van der Waals surface area contributed by atoms with E-state index in [2.05, 4.69) is 18.3 Å². The highest BCUT2D eigenvalue weighted by molar-refractivity contribution is 6.01. The van der Waals surface area contributed by atoms with Crippen LogP contribution in [0.5, 0.6) is 0 Å². The zero-order chi connectivity index (χ0) is 17.0. The molecule has 0 aliphatic carbocycles. The Morgan fingerprint density at radius 3 is 2.78 bits per heavy atom. The van der Waals surface area contributed by atoms with Crippen molar-refractivity contribution in [1.82, 2.24) is 10.2 Å². The normalized spacial score (nSPS) is 17.9. The molecule has 0 bridgehead atoms. The molecule has 1 heterocycles. The zero-order valence-corrected chi connectivity index (χ0v) is 14.6. The number of hydrogen-bond donors (Lipinski definition) is 1. The van der Waals surface area contributed by atoms with Crippen LogP contribution in [0.4, 0.5) is 5.69 Å². The fraction of sp³-hybridized carbons (Fsp3) is 0.556. The first-order chi connectivity index (χ1) is 10.9. The standard InChI is InChI=1S/C18H27N3O2/c1-5-14-8-6-7-13(2)17(14)21-12-15(11-16(21)22)18(23)19-9-10-20(3)4/h6-8,15H,5,9-12H2,1-4H3,(H,19,23). The number of para-hydroxylation sites is 1. The summed E-state index contributed by atoms with van der Waals surface area (Å²) in [6.07, 6.45) is 1.17. The van der Waals surface area contributed by atoms with Crippen LogP contribution < -0.4 is 10.2 Å². The molecule has 1 N–H and O–H groups in total. The van der Waals surface area contributed by atoms with Gasteiger partial charge in [0.2, 0.25) is 11.8 Å². The van der Waals surface area contributed by atoms with E-state index in [4.69, 9.17) is 0 Å². The Balaban J connectivity index is 2.07. The van der Waals surface area contributed by atoms with Gasteiger partial charge in [-0.15, -0.1) is 0 Å². The SMILES string of the molecule is CCc1cccc(C)c1N1CC(C(=O)NCCN(C)C)CC1=O. The second-order valence-corrected chi connectivity index (χ2v) is 6.44. The van der Waals surface area contributed by atoms with Crippen molar-refractivity contribution in [3.63, 3.8) is 0 Å². The van der Waals surface area contributed by atoms with Gasteiger partial charge in [0, 0.05) is 31.7 Å². The van der Waals surface area contributed by atoms with E-state index < -0.39 is 0 Å². The fourth-order valence-electron chi connectivity index (χ4n) is 3.04. The molecular weight excluding hydrogens is 290 g/mol. The van der Waals surface area contributed by atoms with Crippen molar-refractivity contribution in [3.05, 3.63) is 29.3 Å². The van der Waals surface area contributed by atoms with Gasteiger partial charge in [0.15, 0.2) is 0 Å². The molecule has 1 atom stereocenters. The molecule has 2 rings (SSSR count). The number of nitrogens with zero attached hydrogens (tertiary/aromatic N) is 2. The Hall–Kier alpha value is -1.88. The third kappa shape index (κ3) is 4.10. The average Bonchev–Trinajstić information content (AvgIpc) is 2.88. The summed E-state index contributed by atoms with van der Waals surface area (Å²) >= 11 is 0. The van der Waals surface area contributed by atoms with Crippen molar-refractivity contribution in [2.45, 2.75) is 26.7 Å². The smallest absolute Gasteiger partial charge is 0.227 e. The topological polar surface area (TPSA) is 52.7 Å². The highest BCUT2D eigenvalue weighted by Gasteiger charge is 2.36. The molecule has 1 unspecified atom stereocenters. The van der Waals surface area contributed by atoms with Crippen LogP contribution in [0.3, 0.4) is 0 Å². The Morgan fingerprint density at radius 2 is 2.13 bits per heavy atom. The lowest BCUT2D eigenvalue weighted by molar-refractivity contribution is -0.126. The summed E-state index contributed by atoms with van der Waals surface area (Å²) < 4.78 is 0. The predicted molar refractivity (Wildman–Crippen MR) is 92.6 cm³/mol. The van der Waals surface area contributed by atoms with Gasteiger partial charge in [-0.3, -0.25) is 9.59 Å². The maximum atomic E-state index is 12.4. The molecular formula is C18H27N3O2. The molecule has 23 heavy (non-hydrogen) atoms. The summed E-state index contributed by atoms with van der Waals surface area (Å²) in [5.41, 5.74) is 3.24. The maximum Gasteiger partial charge on any atom is 0.227 e. The maximum absolute atomic E-state index is 12.4. The Bertz CT molecular complexity index is 584. The van der Waals surface area contributed by atoms with Crippen LogP contribution in [0.2, 0.25) is 0 Å². The lowest BCUT2D eigenvalue weighted by Crippen LogP contribution is -2.37. The molecule has 1 aliphatic heterocycles. The summed E-state index contributed by atoms with van der Waals surface area (Å²) in [5.74, 6) is -0.231. The number of benzene rings is 1. The quantitative estimate of drug-likeness (QED) is 0.867. The second kappa shape index (κ2) is 7.59. The molecule has 0 spiro atoms. The van der Waals surface area contributed by atoms with Gasteiger partial charge >= 0.3 is 0 Å². The van der Waals surface area contributed by atoms with E-state index in [0.29, 0.717) is 19.5 Å². The number of anilines is 1. The summed E-state index contributed by atoms with van der Waals surface area (Å²) in [6.45, 7) is 6.00. The second-order valence-electron chi connectivity index (χ2n) is 6.44. The van der Waals surface area contributed by atoms with E-state index >= 15 is 0 Å². The molecule has 1 fully saturated rings. The van der Waals surface area contributed by atoms with E-state index in [1.807, 2.05) is 38.1 Å². The molecule has 126 valence electrons. The van der Waals surface area contributed by atoms with E-state index in [-0.39, 0.29) is 17.7 Å². The molecule has 2 amide bonds. The monoisotopic (exact) mass is 317 g/mol. The molecule has 1 saturated heterocycles. The van der Waals surface area contributed by atoms with Crippen molar-refractivity contribution in [2.24, 2.45) is 5.92 Å². The first kappa shape index (κ1) is 17.5. The first-order valence-electron chi connectivity index (χ1n) is 8.25. The minimum Gasteiger partial charge on any atom is -0.355 e. The summed E-state index contributed by atoms with van der Waals surface area (Å²) in [6, 6.07) is 6.09. The van der Waals surface area contributed by atoms with Crippen molar-refractivity contribution in [3.8, 4) is 0 Å². The van der Waals surface area contributed by atoms with Crippen LogP contribution in [0.15, 0.2) is 18.2 Å². The molecule has 1 aliphatic rings. The number of aryl methyl sites for hydroxylation is 2. The highest BCUT2D eigenvalue weighted by atomic mass is 16.2. The van der Waals surface area contributed by atoms with Gasteiger partial charge in [-0.2, -0.15) is 0 Å². The minimum absolute atomic E-state index is 0.0191. The molecule has 5 heteroatoms. The number of nitrogens with one attached hydrogen (secondary N) is 1. The number of carbonyl (C=O) groups excluding carboxylic acids is 2. The highest BCUT2D eigenvalue weighted by Crippen LogP contribution is 2.31. The van der Waals surface area contributed by atoms with E-state index in [9.17, 15) is 9.59 Å². The first-order valence-corrected chi connectivity index (χ1v) is 8.25. The van der Waals surface area contributed by atoms with Crippen LogP contribution in [0.1, 0.15) is 24.5 Å². The van der Waals surface area contributed by atoms with Gasteiger partial charge in [-0.05, 0) is 38.6 Å². The third-order valence-electron chi connectivity index (χ3n) is 4.33. The lowest BCUT2D eigenvalue weighted by atomic mass is 10.0. The molecule has 5 nitrogen and oxygen atoms in total. The zero-order valence-electron chi connectivity index (χ0n) is 14.6. The van der Waals surface area contributed by atoms with Crippen molar-refractivity contribution >= 4 is 17.5 Å². The fourth-order valence-corrected chi connectivity index (χ4v) is 3.04. The van der Waals surface area contributed by atoms with Gasteiger partial charge in [-0.25, -0.2) is 0 Å². The van der Waals surface area contributed by atoms with E-state index in [1.54, 1.807) is 4.90 Å². The Morgan fingerprint density at radius 1 is 1.39 bits per heavy atom. The number of amides is 2. The van der Waals surface area contributed by atoms with Gasteiger partial charge in [0.05, 0.1) is 5.92 Å². The van der Waals surface area contributed by atoms with Crippen LogP contribution in [0, 0.1) is 12.8 Å². The number of likely N-dealkylation sites (N-methyl/N-ethyl adjacent to an activating group) is 1. The van der Waals surface area contributed by atoms with E-state index in [0.717, 1.165) is 29.8 Å². The summed E-state index contributed by atoms with van der Waals surface area (Å²) in [4.78, 5) is 28.5. The van der Waals surface area contributed by atoms with Crippen molar-refractivity contribution in [2.75, 3.05) is 38.6 Å².